The molecule has 0 aliphatic carbocycles. The zero-order valence-electron chi connectivity index (χ0n) is 18.1. The van der Waals surface area contributed by atoms with E-state index < -0.39 is 0 Å². The highest BCUT2D eigenvalue weighted by atomic mass is 15.1. The maximum atomic E-state index is 2.32. The fourth-order valence-corrected chi connectivity index (χ4v) is 4.09. The third kappa shape index (κ3) is 4.06. The maximum absolute atomic E-state index is 2.32. The van der Waals surface area contributed by atoms with Crippen molar-refractivity contribution in [3.8, 4) is 0 Å². The topological polar surface area (TPSA) is 3.24 Å². The second-order valence-corrected chi connectivity index (χ2v) is 7.98. The van der Waals surface area contributed by atoms with Crippen molar-refractivity contribution in [3.05, 3.63) is 150 Å². The molecule has 0 amide bonds. The van der Waals surface area contributed by atoms with Crippen molar-refractivity contribution >= 4 is 27.7 Å². The van der Waals surface area contributed by atoms with Crippen molar-refractivity contribution in [1.82, 2.24) is 0 Å². The highest BCUT2D eigenvalue weighted by Gasteiger charge is 2.14. The second-order valence-electron chi connectivity index (χ2n) is 7.98. The summed E-state index contributed by atoms with van der Waals surface area (Å²) in [7, 11) is 0. The van der Waals surface area contributed by atoms with Crippen molar-refractivity contribution in [2.24, 2.45) is 0 Å². The average molecular weight is 412 g/mol. The molecule has 0 N–H and O–H groups in total. The van der Waals surface area contributed by atoms with E-state index in [2.05, 4.69) is 145 Å². The van der Waals surface area contributed by atoms with Crippen LogP contribution in [0, 0.1) is 6.92 Å². The molecule has 1 nitrogen and oxygen atoms in total. The Bertz CT molecular complexity index is 1300. The van der Waals surface area contributed by atoms with Crippen LogP contribution in [0.3, 0.4) is 0 Å². The van der Waals surface area contributed by atoms with Gasteiger partial charge in [0.05, 0.1) is 5.69 Å². The summed E-state index contributed by atoms with van der Waals surface area (Å²) < 4.78 is 0. The fourth-order valence-electron chi connectivity index (χ4n) is 4.09. The zero-order chi connectivity index (χ0) is 21.8. The van der Waals surface area contributed by atoms with Crippen LogP contribution in [0.25, 0.3) is 16.3 Å². The van der Waals surface area contributed by atoms with Crippen LogP contribution in [-0.2, 0) is 0 Å². The van der Waals surface area contributed by atoms with Crippen molar-refractivity contribution < 1.29 is 0 Å². The molecule has 154 valence electrons. The van der Waals surface area contributed by atoms with Gasteiger partial charge in [-0.05, 0) is 41.6 Å². The van der Waals surface area contributed by atoms with Gasteiger partial charge in [0.2, 0.25) is 0 Å². The van der Waals surface area contributed by atoms with Gasteiger partial charge in [0.15, 0.2) is 0 Å². The van der Waals surface area contributed by atoms with E-state index >= 15 is 0 Å². The molecule has 0 saturated carbocycles. The van der Waals surface area contributed by atoms with E-state index in [1.165, 1.54) is 33.0 Å². The van der Waals surface area contributed by atoms with Gasteiger partial charge in [-0.3, -0.25) is 0 Å². The number of rotatable bonds is 5. The monoisotopic (exact) mass is 411 g/mol. The Kier molecular flexibility index (Phi) is 5.55. The molecule has 32 heavy (non-hydrogen) atoms. The molecule has 0 heterocycles. The van der Waals surface area contributed by atoms with E-state index in [1.807, 2.05) is 0 Å². The van der Waals surface area contributed by atoms with Crippen molar-refractivity contribution in [2.75, 3.05) is 4.90 Å². The van der Waals surface area contributed by atoms with Crippen LogP contribution in [0.1, 0.15) is 16.7 Å². The van der Waals surface area contributed by atoms with Gasteiger partial charge in [-0.25, -0.2) is 0 Å². The van der Waals surface area contributed by atoms with Crippen LogP contribution in [0.4, 0.5) is 11.4 Å². The third-order valence-electron chi connectivity index (χ3n) is 5.77. The molecular formula is C31H25N. The van der Waals surface area contributed by atoms with Crippen molar-refractivity contribution in [1.29, 1.82) is 0 Å². The summed E-state index contributed by atoms with van der Waals surface area (Å²) in [6, 6.07) is 45.0. The van der Waals surface area contributed by atoms with Gasteiger partial charge in [-0.2, -0.15) is 0 Å². The number of benzene rings is 5. The first-order valence-electron chi connectivity index (χ1n) is 11.0. The molecule has 5 rings (SSSR count). The van der Waals surface area contributed by atoms with Crippen LogP contribution < -0.4 is 4.90 Å². The standard InChI is InChI=1S/C31H25N/c1-24-19-21-28(22-20-24)32(31-18-10-16-25-15-8-9-17-29(25)31)23-30(26-11-4-2-5-12-26)27-13-6-3-7-14-27/h2-23H,1H3. The summed E-state index contributed by atoms with van der Waals surface area (Å²) >= 11 is 0. The minimum Gasteiger partial charge on any atom is -0.316 e. The number of anilines is 2. The van der Waals surface area contributed by atoms with Gasteiger partial charge in [-0.1, -0.05) is 115 Å². The molecule has 0 aliphatic rings. The van der Waals surface area contributed by atoms with Crippen LogP contribution in [0.2, 0.25) is 0 Å². The Morgan fingerprint density at radius 1 is 0.562 bits per heavy atom. The van der Waals surface area contributed by atoms with Crippen LogP contribution in [-0.4, -0.2) is 0 Å². The van der Waals surface area contributed by atoms with Gasteiger partial charge in [-0.15, -0.1) is 0 Å². The highest BCUT2D eigenvalue weighted by Crippen LogP contribution is 2.35. The van der Waals surface area contributed by atoms with Gasteiger partial charge in [0.25, 0.3) is 0 Å². The second kappa shape index (κ2) is 8.95. The molecule has 5 aromatic carbocycles. The molecule has 0 aliphatic heterocycles. The van der Waals surface area contributed by atoms with Gasteiger partial charge in [0.1, 0.15) is 0 Å². The number of hydrogen-bond donors (Lipinski definition) is 0. The number of fused-ring (bicyclic) bond motifs is 1. The van der Waals surface area contributed by atoms with E-state index in [-0.39, 0.29) is 0 Å². The predicted molar refractivity (Wildman–Crippen MR) is 137 cm³/mol. The molecule has 0 fully saturated rings. The summed E-state index contributed by atoms with van der Waals surface area (Å²) in [4.78, 5) is 2.32. The highest BCUT2D eigenvalue weighted by molar-refractivity contribution is 5.98. The van der Waals surface area contributed by atoms with Gasteiger partial charge in [0, 0.05) is 22.8 Å². The number of nitrogens with zero attached hydrogens (tertiary/aromatic N) is 1. The molecule has 0 atom stereocenters. The lowest BCUT2D eigenvalue weighted by molar-refractivity contribution is 1.28. The normalized spacial score (nSPS) is 10.7. The predicted octanol–water partition coefficient (Wildman–Crippen LogP) is 8.38. The first kappa shape index (κ1) is 19.8. The summed E-state index contributed by atoms with van der Waals surface area (Å²) in [5.74, 6) is 0. The van der Waals surface area contributed by atoms with Crippen LogP contribution >= 0.6 is 0 Å². The van der Waals surface area contributed by atoms with E-state index in [4.69, 9.17) is 0 Å². The van der Waals surface area contributed by atoms with Crippen LogP contribution in [0.15, 0.2) is 134 Å². The summed E-state index contributed by atoms with van der Waals surface area (Å²) in [6.07, 6.45) is 2.27. The Morgan fingerprint density at radius 3 is 1.78 bits per heavy atom. The molecule has 0 aromatic heterocycles. The Morgan fingerprint density at radius 2 is 1.12 bits per heavy atom. The minimum atomic E-state index is 1.14. The maximum Gasteiger partial charge on any atom is 0.0534 e. The molecule has 5 aromatic rings. The largest absolute Gasteiger partial charge is 0.316 e. The van der Waals surface area contributed by atoms with E-state index in [9.17, 15) is 0 Å². The van der Waals surface area contributed by atoms with Crippen LogP contribution in [0.5, 0.6) is 0 Å². The van der Waals surface area contributed by atoms with Gasteiger partial charge < -0.3 is 4.90 Å². The minimum absolute atomic E-state index is 1.14. The summed E-state index contributed by atoms with van der Waals surface area (Å²) in [6.45, 7) is 2.13. The fraction of sp³-hybridized carbons (Fsp3) is 0.0323. The lowest BCUT2D eigenvalue weighted by atomic mass is 9.98. The van der Waals surface area contributed by atoms with E-state index in [0.29, 0.717) is 0 Å². The van der Waals surface area contributed by atoms with E-state index in [1.54, 1.807) is 0 Å². The molecule has 0 bridgehead atoms. The molecule has 0 spiro atoms. The van der Waals surface area contributed by atoms with Gasteiger partial charge >= 0.3 is 0 Å². The van der Waals surface area contributed by atoms with E-state index in [0.717, 1.165) is 11.4 Å². The number of hydrogen-bond acceptors (Lipinski definition) is 1. The molecule has 1 heteroatoms. The Hall–Kier alpha value is -4.10. The zero-order valence-corrected chi connectivity index (χ0v) is 18.1. The molecular weight excluding hydrogens is 386 g/mol. The molecule has 0 saturated heterocycles. The average Bonchev–Trinajstić information content (AvgIpc) is 2.86. The smallest absolute Gasteiger partial charge is 0.0534 e. The quantitative estimate of drug-likeness (QED) is 0.281. The first-order valence-corrected chi connectivity index (χ1v) is 11.0. The Balaban J connectivity index is 1.77. The first-order chi connectivity index (χ1) is 15.8. The van der Waals surface area contributed by atoms with Crippen molar-refractivity contribution in [2.45, 2.75) is 6.92 Å². The summed E-state index contributed by atoms with van der Waals surface area (Å²) in [5, 5.41) is 2.46. The lowest BCUT2D eigenvalue weighted by Gasteiger charge is -2.25. The summed E-state index contributed by atoms with van der Waals surface area (Å²) in [5.41, 5.74) is 7.11. The van der Waals surface area contributed by atoms with Crippen molar-refractivity contribution in [3.63, 3.8) is 0 Å². The number of aryl methyl sites for hydroxylation is 1. The SMILES string of the molecule is Cc1ccc(N(C=C(c2ccccc2)c2ccccc2)c2cccc3ccccc23)cc1. The molecule has 0 unspecified atom stereocenters. The third-order valence-corrected chi connectivity index (χ3v) is 5.77. The lowest BCUT2D eigenvalue weighted by Crippen LogP contribution is -2.11. The molecule has 0 radical (unpaired) electrons. The Labute approximate surface area is 189 Å².